The molecule has 2 aromatic carbocycles. The van der Waals surface area contributed by atoms with Gasteiger partial charge in [-0.15, -0.1) is 0 Å². The molecular formula is C17H16Br2N2O2. The second-order valence-electron chi connectivity index (χ2n) is 4.93. The minimum atomic E-state index is -0.0705. The lowest BCUT2D eigenvalue weighted by molar-refractivity contribution is -0.114. The Hall–Kier alpha value is -1.66. The van der Waals surface area contributed by atoms with Crippen LogP contribution in [-0.4, -0.2) is 22.5 Å². The molecule has 0 bridgehead atoms. The van der Waals surface area contributed by atoms with Crippen molar-refractivity contribution in [1.82, 2.24) is 0 Å². The Morgan fingerprint density at radius 2 is 1.04 bits per heavy atom. The number of carbonyl (C=O) groups is 2. The van der Waals surface area contributed by atoms with Gasteiger partial charge in [-0.05, 0) is 41.8 Å². The molecule has 0 aliphatic rings. The molecule has 0 aliphatic carbocycles. The van der Waals surface area contributed by atoms with E-state index in [1.54, 1.807) is 0 Å². The maximum atomic E-state index is 11.3. The van der Waals surface area contributed by atoms with Crippen molar-refractivity contribution in [2.24, 2.45) is 0 Å². The van der Waals surface area contributed by atoms with E-state index in [1.807, 2.05) is 48.5 Å². The van der Waals surface area contributed by atoms with Crippen molar-refractivity contribution in [3.8, 4) is 0 Å². The molecule has 0 heterocycles. The van der Waals surface area contributed by atoms with Crippen LogP contribution < -0.4 is 10.6 Å². The molecule has 6 heteroatoms. The first-order valence-corrected chi connectivity index (χ1v) is 9.24. The van der Waals surface area contributed by atoms with Gasteiger partial charge in [-0.3, -0.25) is 9.59 Å². The maximum Gasteiger partial charge on any atom is 0.235 e. The van der Waals surface area contributed by atoms with Crippen LogP contribution in [0.15, 0.2) is 48.5 Å². The standard InChI is InChI=1S/C17H16Br2N2O2/c18-10-16(22)20-14-5-1-12(2-6-14)9-13-3-7-15(8-4-13)21-17(23)11-19/h1-8H,9-11H2,(H,20,22)(H,21,23). The van der Waals surface area contributed by atoms with Crippen LogP contribution in [0.5, 0.6) is 0 Å². The number of anilines is 2. The number of nitrogens with one attached hydrogen (secondary N) is 2. The predicted molar refractivity (Wildman–Crippen MR) is 101 cm³/mol. The summed E-state index contributed by atoms with van der Waals surface area (Å²) in [6.07, 6.45) is 0.791. The van der Waals surface area contributed by atoms with Crippen LogP contribution in [0.1, 0.15) is 11.1 Å². The van der Waals surface area contributed by atoms with Crippen LogP contribution in [0.25, 0.3) is 0 Å². The highest BCUT2D eigenvalue weighted by Gasteiger charge is 2.02. The van der Waals surface area contributed by atoms with Crippen molar-refractivity contribution in [2.75, 3.05) is 21.3 Å². The maximum absolute atomic E-state index is 11.3. The second-order valence-corrected chi connectivity index (χ2v) is 6.06. The average molecular weight is 440 g/mol. The van der Waals surface area contributed by atoms with Gasteiger partial charge >= 0.3 is 0 Å². The van der Waals surface area contributed by atoms with Crippen molar-refractivity contribution in [3.63, 3.8) is 0 Å². The number of carbonyl (C=O) groups excluding carboxylic acids is 2. The monoisotopic (exact) mass is 438 g/mol. The van der Waals surface area contributed by atoms with Gasteiger partial charge in [0.15, 0.2) is 0 Å². The van der Waals surface area contributed by atoms with E-state index in [9.17, 15) is 9.59 Å². The number of alkyl halides is 2. The lowest BCUT2D eigenvalue weighted by Gasteiger charge is -2.07. The average Bonchev–Trinajstić information content (AvgIpc) is 2.58. The van der Waals surface area contributed by atoms with E-state index in [-0.39, 0.29) is 22.5 Å². The van der Waals surface area contributed by atoms with Crippen LogP contribution in [0.3, 0.4) is 0 Å². The van der Waals surface area contributed by atoms with Crippen molar-refractivity contribution < 1.29 is 9.59 Å². The third-order valence-corrected chi connectivity index (χ3v) is 4.14. The van der Waals surface area contributed by atoms with Crippen LogP contribution in [0.2, 0.25) is 0 Å². The molecule has 0 spiro atoms. The zero-order valence-corrected chi connectivity index (χ0v) is 15.5. The summed E-state index contributed by atoms with van der Waals surface area (Å²) in [7, 11) is 0. The molecule has 0 radical (unpaired) electrons. The Morgan fingerprint density at radius 1 is 0.696 bits per heavy atom. The van der Waals surface area contributed by atoms with Gasteiger partial charge in [0.2, 0.25) is 11.8 Å². The van der Waals surface area contributed by atoms with E-state index in [0.29, 0.717) is 0 Å². The number of hydrogen-bond donors (Lipinski definition) is 2. The predicted octanol–water partition coefficient (Wildman–Crippen LogP) is 3.94. The first kappa shape index (κ1) is 17.7. The Balaban J connectivity index is 1.96. The van der Waals surface area contributed by atoms with Crippen LogP contribution in [0, 0.1) is 0 Å². The number of amides is 2. The van der Waals surface area contributed by atoms with Crippen molar-refractivity contribution in [1.29, 1.82) is 0 Å². The molecule has 0 fully saturated rings. The zero-order chi connectivity index (χ0) is 16.7. The minimum Gasteiger partial charge on any atom is -0.325 e. The molecule has 0 unspecified atom stereocenters. The van der Waals surface area contributed by atoms with Crippen molar-refractivity contribution in [3.05, 3.63) is 59.7 Å². The van der Waals surface area contributed by atoms with E-state index >= 15 is 0 Å². The Morgan fingerprint density at radius 3 is 1.35 bits per heavy atom. The Bertz CT molecular complexity index is 610. The summed E-state index contributed by atoms with van der Waals surface area (Å²) >= 11 is 6.23. The molecule has 2 rings (SSSR count). The summed E-state index contributed by atoms with van der Waals surface area (Å²) in [5.41, 5.74) is 3.87. The lowest BCUT2D eigenvalue weighted by Crippen LogP contribution is -2.12. The van der Waals surface area contributed by atoms with Crippen LogP contribution in [0.4, 0.5) is 11.4 Å². The molecule has 120 valence electrons. The fraction of sp³-hybridized carbons (Fsp3) is 0.176. The van der Waals surface area contributed by atoms with Crippen LogP contribution in [-0.2, 0) is 16.0 Å². The summed E-state index contributed by atoms with van der Waals surface area (Å²) in [6, 6.07) is 15.5. The lowest BCUT2D eigenvalue weighted by atomic mass is 10.0. The molecular weight excluding hydrogens is 424 g/mol. The van der Waals surface area contributed by atoms with Gasteiger partial charge in [0, 0.05) is 11.4 Å². The molecule has 0 aromatic heterocycles. The highest BCUT2D eigenvalue weighted by Crippen LogP contribution is 2.16. The number of rotatable bonds is 6. The Labute approximate surface area is 151 Å². The first-order chi connectivity index (χ1) is 11.1. The summed E-state index contributed by atoms with van der Waals surface area (Å²) in [6.45, 7) is 0. The third kappa shape index (κ3) is 5.80. The largest absolute Gasteiger partial charge is 0.325 e. The smallest absolute Gasteiger partial charge is 0.235 e. The summed E-state index contributed by atoms with van der Waals surface area (Å²) in [4.78, 5) is 22.6. The van der Waals surface area contributed by atoms with E-state index in [2.05, 4.69) is 42.5 Å². The SMILES string of the molecule is O=C(CBr)Nc1ccc(Cc2ccc(NC(=O)CBr)cc2)cc1. The molecule has 0 aliphatic heterocycles. The summed E-state index contributed by atoms with van der Waals surface area (Å²) in [5.74, 6) is -0.141. The highest BCUT2D eigenvalue weighted by atomic mass is 79.9. The molecule has 2 N–H and O–H groups in total. The van der Waals surface area contributed by atoms with Gasteiger partial charge in [-0.2, -0.15) is 0 Å². The number of halogens is 2. The van der Waals surface area contributed by atoms with Gasteiger partial charge in [0.1, 0.15) is 0 Å². The van der Waals surface area contributed by atoms with Crippen molar-refractivity contribution >= 4 is 55.0 Å². The molecule has 23 heavy (non-hydrogen) atoms. The van der Waals surface area contributed by atoms with E-state index < -0.39 is 0 Å². The molecule has 2 amide bonds. The van der Waals surface area contributed by atoms with E-state index in [0.717, 1.165) is 28.9 Å². The zero-order valence-electron chi connectivity index (χ0n) is 12.3. The normalized spacial score (nSPS) is 10.2. The van der Waals surface area contributed by atoms with E-state index in [4.69, 9.17) is 0 Å². The van der Waals surface area contributed by atoms with Gasteiger partial charge in [-0.25, -0.2) is 0 Å². The summed E-state index contributed by atoms with van der Waals surface area (Å²) in [5, 5.41) is 6.14. The van der Waals surface area contributed by atoms with Gasteiger partial charge in [0.05, 0.1) is 10.7 Å². The molecule has 0 atom stereocenters. The first-order valence-electron chi connectivity index (χ1n) is 7.00. The van der Waals surface area contributed by atoms with Gasteiger partial charge < -0.3 is 10.6 Å². The second kappa shape index (κ2) is 8.84. The van der Waals surface area contributed by atoms with Crippen LogP contribution >= 0.6 is 31.9 Å². The fourth-order valence-electron chi connectivity index (χ4n) is 2.04. The Kier molecular flexibility index (Phi) is 6.80. The number of hydrogen-bond acceptors (Lipinski definition) is 2. The van der Waals surface area contributed by atoms with E-state index in [1.165, 1.54) is 0 Å². The topological polar surface area (TPSA) is 58.2 Å². The number of benzene rings is 2. The quantitative estimate of drug-likeness (QED) is 0.669. The molecule has 2 aromatic rings. The fourth-order valence-corrected chi connectivity index (χ4v) is 2.32. The minimum absolute atomic E-state index is 0.0705. The highest BCUT2D eigenvalue weighted by molar-refractivity contribution is 9.09. The van der Waals surface area contributed by atoms with Gasteiger partial charge in [0.25, 0.3) is 0 Å². The summed E-state index contributed by atoms with van der Waals surface area (Å²) < 4.78 is 0. The van der Waals surface area contributed by atoms with Gasteiger partial charge in [-0.1, -0.05) is 56.1 Å². The van der Waals surface area contributed by atoms with Crippen molar-refractivity contribution in [2.45, 2.75) is 6.42 Å². The third-order valence-electron chi connectivity index (χ3n) is 3.13. The molecule has 4 nitrogen and oxygen atoms in total. The molecule has 0 saturated carbocycles. The molecule has 0 saturated heterocycles.